The normalized spacial score (nSPS) is 17.1. The lowest BCUT2D eigenvalue weighted by Crippen LogP contribution is -2.16. The second-order valence-corrected chi connectivity index (χ2v) is 6.71. The number of hydrogen-bond acceptors (Lipinski definition) is 5. The van der Waals surface area contributed by atoms with Crippen molar-refractivity contribution in [2.24, 2.45) is 11.1 Å². The van der Waals surface area contributed by atoms with E-state index in [-0.39, 0.29) is 16.4 Å². The van der Waals surface area contributed by atoms with E-state index in [1.165, 1.54) is 13.3 Å². The lowest BCUT2D eigenvalue weighted by atomic mass is 9.90. The van der Waals surface area contributed by atoms with Crippen LogP contribution < -0.4 is 5.14 Å². The van der Waals surface area contributed by atoms with Gasteiger partial charge in [0.2, 0.25) is 15.8 Å². The summed E-state index contributed by atoms with van der Waals surface area (Å²) < 4.78 is 32.8. The van der Waals surface area contributed by atoms with Gasteiger partial charge < -0.3 is 9.15 Å². The van der Waals surface area contributed by atoms with Gasteiger partial charge in [-0.15, -0.1) is 0 Å². The van der Waals surface area contributed by atoms with Gasteiger partial charge in [0.05, 0.1) is 6.61 Å². The van der Waals surface area contributed by atoms with Crippen LogP contribution in [0.1, 0.15) is 48.4 Å². The van der Waals surface area contributed by atoms with E-state index < -0.39 is 16.0 Å². The zero-order chi connectivity index (χ0) is 14.8. The molecule has 0 bridgehead atoms. The third-order valence-corrected chi connectivity index (χ3v) is 4.57. The minimum absolute atomic E-state index is 0.0946. The van der Waals surface area contributed by atoms with Gasteiger partial charge in [-0.05, 0) is 25.7 Å². The number of rotatable bonds is 4. The Morgan fingerprint density at radius 1 is 1.40 bits per heavy atom. The molecule has 1 aromatic heterocycles. The highest BCUT2D eigenvalue weighted by molar-refractivity contribution is 7.89. The van der Waals surface area contributed by atoms with E-state index >= 15 is 0 Å². The molecule has 0 spiro atoms. The molecule has 0 aromatic carbocycles. The Kier molecular flexibility index (Phi) is 4.49. The van der Waals surface area contributed by atoms with Gasteiger partial charge in [0.25, 0.3) is 0 Å². The Morgan fingerprint density at radius 2 is 2.05 bits per heavy atom. The van der Waals surface area contributed by atoms with Crippen LogP contribution in [0.5, 0.6) is 0 Å². The first kappa shape index (κ1) is 15.1. The van der Waals surface area contributed by atoms with Crippen LogP contribution in [0.2, 0.25) is 0 Å². The van der Waals surface area contributed by atoms with Crippen molar-refractivity contribution in [1.29, 1.82) is 0 Å². The second-order valence-electron chi connectivity index (χ2n) is 5.18. The summed E-state index contributed by atoms with van der Waals surface area (Å²) in [4.78, 5) is 11.6. The maximum Gasteiger partial charge on any atom is 0.374 e. The quantitative estimate of drug-likeness (QED) is 0.857. The highest BCUT2D eigenvalue weighted by atomic mass is 32.2. The zero-order valence-corrected chi connectivity index (χ0v) is 12.2. The average Bonchev–Trinajstić information content (AvgIpc) is 2.79. The molecule has 1 fully saturated rings. The van der Waals surface area contributed by atoms with Crippen molar-refractivity contribution < 1.29 is 22.4 Å². The molecule has 1 aromatic rings. The Balaban J connectivity index is 1.99. The van der Waals surface area contributed by atoms with E-state index in [0.717, 1.165) is 31.7 Å². The maximum atomic E-state index is 11.8. The number of esters is 1. The van der Waals surface area contributed by atoms with Crippen LogP contribution in [0.3, 0.4) is 0 Å². The minimum Gasteiger partial charge on any atom is -0.460 e. The van der Waals surface area contributed by atoms with Crippen molar-refractivity contribution >= 4 is 16.0 Å². The molecule has 20 heavy (non-hydrogen) atoms. The van der Waals surface area contributed by atoms with Gasteiger partial charge in [0.1, 0.15) is 10.7 Å². The van der Waals surface area contributed by atoms with E-state index in [9.17, 15) is 13.2 Å². The summed E-state index contributed by atoms with van der Waals surface area (Å²) in [6.45, 7) is 1.79. The zero-order valence-electron chi connectivity index (χ0n) is 11.4. The fourth-order valence-electron chi connectivity index (χ4n) is 2.47. The highest BCUT2D eigenvalue weighted by Gasteiger charge is 2.23. The van der Waals surface area contributed by atoms with Gasteiger partial charge in [-0.25, -0.2) is 18.4 Å². The smallest absolute Gasteiger partial charge is 0.374 e. The van der Waals surface area contributed by atoms with Crippen molar-refractivity contribution in [3.8, 4) is 0 Å². The van der Waals surface area contributed by atoms with Gasteiger partial charge in [0, 0.05) is 6.07 Å². The van der Waals surface area contributed by atoms with Crippen LogP contribution in [-0.4, -0.2) is 21.0 Å². The van der Waals surface area contributed by atoms with E-state index in [2.05, 4.69) is 0 Å². The molecule has 0 saturated heterocycles. The molecular formula is C13H19NO5S. The molecule has 2 N–H and O–H groups in total. The van der Waals surface area contributed by atoms with Crippen LogP contribution in [0, 0.1) is 12.8 Å². The number of hydrogen-bond donors (Lipinski definition) is 1. The highest BCUT2D eigenvalue weighted by Crippen LogP contribution is 2.24. The average molecular weight is 301 g/mol. The second kappa shape index (κ2) is 5.97. The van der Waals surface area contributed by atoms with Crippen molar-refractivity contribution in [1.82, 2.24) is 0 Å². The molecule has 112 valence electrons. The Labute approximate surface area is 118 Å². The molecule has 1 aliphatic carbocycles. The summed E-state index contributed by atoms with van der Waals surface area (Å²) in [7, 11) is -3.88. The number of nitrogens with two attached hydrogens (primary N) is 1. The fraction of sp³-hybridized carbons (Fsp3) is 0.615. The number of aryl methyl sites for hydroxylation is 1. The predicted molar refractivity (Wildman–Crippen MR) is 71.7 cm³/mol. The standard InChI is InChI=1S/C13H19NO5S/c1-9-12(20(14,16)17)7-11(19-9)13(15)18-8-10-5-3-2-4-6-10/h7,10H,2-6,8H2,1H3,(H2,14,16,17). The summed E-state index contributed by atoms with van der Waals surface area (Å²) in [5.41, 5.74) is 0. The summed E-state index contributed by atoms with van der Waals surface area (Å²) in [6.07, 6.45) is 5.69. The van der Waals surface area contributed by atoms with E-state index in [1.54, 1.807) is 0 Å². The van der Waals surface area contributed by atoms with Gasteiger partial charge >= 0.3 is 5.97 Å². The van der Waals surface area contributed by atoms with Gasteiger partial charge in [-0.3, -0.25) is 0 Å². The maximum absolute atomic E-state index is 11.8. The van der Waals surface area contributed by atoms with E-state index in [4.69, 9.17) is 14.3 Å². The SMILES string of the molecule is Cc1oc(C(=O)OCC2CCCCC2)cc1S(N)(=O)=O. The number of furan rings is 1. The summed E-state index contributed by atoms with van der Waals surface area (Å²) in [5, 5.41) is 5.02. The first-order valence-corrected chi connectivity index (χ1v) is 8.23. The molecule has 0 unspecified atom stereocenters. The number of ether oxygens (including phenoxy) is 1. The van der Waals surface area contributed by atoms with Crippen LogP contribution in [0.4, 0.5) is 0 Å². The number of primary sulfonamides is 1. The number of carbonyl (C=O) groups is 1. The van der Waals surface area contributed by atoms with E-state index in [0.29, 0.717) is 12.5 Å². The minimum atomic E-state index is -3.88. The Morgan fingerprint density at radius 3 is 2.60 bits per heavy atom. The van der Waals surface area contributed by atoms with Crippen LogP contribution in [0.25, 0.3) is 0 Å². The first-order valence-electron chi connectivity index (χ1n) is 6.68. The lowest BCUT2D eigenvalue weighted by molar-refractivity contribution is 0.0373. The van der Waals surface area contributed by atoms with Crippen LogP contribution >= 0.6 is 0 Å². The van der Waals surface area contributed by atoms with Gasteiger partial charge in [-0.2, -0.15) is 0 Å². The molecule has 7 heteroatoms. The molecule has 0 aliphatic heterocycles. The molecule has 1 aliphatic rings. The molecule has 0 radical (unpaired) electrons. The topological polar surface area (TPSA) is 99.6 Å². The van der Waals surface area contributed by atoms with Crippen molar-refractivity contribution in [3.63, 3.8) is 0 Å². The van der Waals surface area contributed by atoms with Crippen LogP contribution in [0.15, 0.2) is 15.4 Å². The summed E-state index contributed by atoms with van der Waals surface area (Å²) in [5.74, 6) is -0.283. The number of sulfonamides is 1. The first-order chi connectivity index (χ1) is 9.38. The molecule has 6 nitrogen and oxygen atoms in total. The summed E-state index contributed by atoms with van der Waals surface area (Å²) >= 11 is 0. The molecule has 0 amide bonds. The Bertz CT molecular complexity index is 584. The van der Waals surface area contributed by atoms with Crippen LogP contribution in [-0.2, 0) is 14.8 Å². The fourth-order valence-corrected chi connectivity index (χ4v) is 3.18. The summed E-state index contributed by atoms with van der Waals surface area (Å²) in [6, 6.07) is 1.12. The van der Waals surface area contributed by atoms with E-state index in [1.807, 2.05) is 0 Å². The van der Waals surface area contributed by atoms with Crippen molar-refractivity contribution in [2.45, 2.75) is 43.9 Å². The molecule has 1 heterocycles. The third kappa shape index (κ3) is 3.61. The molecule has 0 atom stereocenters. The lowest BCUT2D eigenvalue weighted by Gasteiger charge is -2.20. The number of carbonyl (C=O) groups excluding carboxylic acids is 1. The molecule has 2 rings (SSSR count). The monoisotopic (exact) mass is 301 g/mol. The largest absolute Gasteiger partial charge is 0.460 e. The third-order valence-electron chi connectivity index (χ3n) is 3.55. The predicted octanol–water partition coefficient (Wildman–Crippen LogP) is 1.97. The molecular weight excluding hydrogens is 282 g/mol. The van der Waals surface area contributed by atoms with Crippen molar-refractivity contribution in [3.05, 3.63) is 17.6 Å². The van der Waals surface area contributed by atoms with Gasteiger partial charge in [0.15, 0.2) is 0 Å². The van der Waals surface area contributed by atoms with Gasteiger partial charge in [-0.1, -0.05) is 19.3 Å². The van der Waals surface area contributed by atoms with Crippen molar-refractivity contribution in [2.75, 3.05) is 6.61 Å². The Hall–Kier alpha value is -1.34. The molecule has 1 saturated carbocycles.